The Morgan fingerprint density at radius 3 is 2.67 bits per heavy atom. The van der Waals surface area contributed by atoms with Crippen molar-refractivity contribution in [1.29, 1.82) is 5.26 Å². The molecule has 5 heteroatoms. The van der Waals surface area contributed by atoms with Crippen LogP contribution in [0.3, 0.4) is 0 Å². The van der Waals surface area contributed by atoms with Crippen LogP contribution in [0.15, 0.2) is 0 Å². The first kappa shape index (κ1) is 17.7. The second-order valence-electron chi connectivity index (χ2n) is 10.2. The maximum Gasteiger partial charge on any atom is 0.302 e. The van der Waals surface area contributed by atoms with Crippen LogP contribution in [0.5, 0.6) is 0 Å². The molecular weight excluding hydrogens is 342 g/mol. The van der Waals surface area contributed by atoms with Gasteiger partial charge in [0.1, 0.15) is 23.7 Å². The van der Waals surface area contributed by atoms with Crippen molar-refractivity contribution >= 4 is 11.8 Å². The van der Waals surface area contributed by atoms with E-state index in [0.717, 1.165) is 38.5 Å². The van der Waals surface area contributed by atoms with Gasteiger partial charge >= 0.3 is 5.97 Å². The van der Waals surface area contributed by atoms with Gasteiger partial charge < -0.3 is 9.47 Å². The summed E-state index contributed by atoms with van der Waals surface area (Å²) in [6.07, 6.45) is 6.58. The van der Waals surface area contributed by atoms with Crippen molar-refractivity contribution in [3.8, 4) is 6.07 Å². The van der Waals surface area contributed by atoms with Crippen molar-refractivity contribution in [3.63, 3.8) is 0 Å². The Hall–Kier alpha value is -1.41. The Labute approximate surface area is 160 Å². The topological polar surface area (TPSA) is 79.7 Å². The first-order valence-electron chi connectivity index (χ1n) is 10.6. The van der Waals surface area contributed by atoms with Gasteiger partial charge in [-0.1, -0.05) is 13.8 Å². The SMILES string of the molecule is CC(=O)O[C@H]1CCC2C3CC[C@@]45O[C@@H]4C(=O)C(C#N)C[C@]5(C)C3CC[C@@]21C. The zero-order valence-corrected chi connectivity index (χ0v) is 16.5. The van der Waals surface area contributed by atoms with E-state index in [1.54, 1.807) is 0 Å². The highest BCUT2D eigenvalue weighted by Crippen LogP contribution is 2.72. The standard InChI is InChI=1S/C22H29NO4/c1-12(24)26-17-5-4-15-14-6-9-22-19(27-22)18(25)13(11-23)10-21(22,3)16(14)7-8-20(15,17)2/h13-17,19H,4-10H2,1-3H3/t13?,14?,15?,16?,17-,19+,20-,21+,22+/m0/s1. The Morgan fingerprint density at radius 2 is 1.96 bits per heavy atom. The van der Waals surface area contributed by atoms with Crippen molar-refractivity contribution in [2.75, 3.05) is 0 Å². The largest absolute Gasteiger partial charge is 0.462 e. The van der Waals surface area contributed by atoms with Gasteiger partial charge in [-0.15, -0.1) is 0 Å². The second-order valence-corrected chi connectivity index (χ2v) is 10.2. The van der Waals surface area contributed by atoms with Gasteiger partial charge in [-0.05, 0) is 62.7 Å². The van der Waals surface area contributed by atoms with E-state index in [1.165, 1.54) is 6.92 Å². The van der Waals surface area contributed by atoms with Gasteiger partial charge in [0.2, 0.25) is 0 Å². The van der Waals surface area contributed by atoms with Crippen molar-refractivity contribution in [2.24, 2.45) is 34.5 Å². The van der Waals surface area contributed by atoms with E-state index in [-0.39, 0.29) is 40.4 Å². The van der Waals surface area contributed by atoms with E-state index >= 15 is 0 Å². The maximum absolute atomic E-state index is 12.5. The third-order valence-electron chi connectivity index (χ3n) is 9.37. The fraction of sp³-hybridized carbons (Fsp3) is 0.864. The van der Waals surface area contributed by atoms with Gasteiger partial charge in [0, 0.05) is 17.8 Å². The van der Waals surface area contributed by atoms with Crippen LogP contribution >= 0.6 is 0 Å². The van der Waals surface area contributed by atoms with Crippen molar-refractivity contribution in [1.82, 2.24) is 0 Å². The molecule has 0 aromatic heterocycles. The summed E-state index contributed by atoms with van der Waals surface area (Å²) in [5.41, 5.74) is -0.327. The highest BCUT2D eigenvalue weighted by atomic mass is 16.6. The Kier molecular flexibility index (Phi) is 3.50. The molecule has 0 aromatic carbocycles. The Bertz CT molecular complexity index is 758. The number of ether oxygens (including phenoxy) is 2. The number of hydrogen-bond donors (Lipinski definition) is 0. The number of Topliss-reactive ketones (excluding diaryl/α,β-unsaturated/α-hetero) is 1. The summed E-state index contributed by atoms with van der Waals surface area (Å²) < 4.78 is 11.8. The molecule has 4 saturated carbocycles. The second kappa shape index (κ2) is 5.35. The number of hydrogen-bond acceptors (Lipinski definition) is 5. The lowest BCUT2D eigenvalue weighted by molar-refractivity contribution is -0.162. The fourth-order valence-electron chi connectivity index (χ4n) is 8.04. The quantitative estimate of drug-likeness (QED) is 0.521. The summed E-state index contributed by atoms with van der Waals surface area (Å²) in [6, 6.07) is 2.26. The molecule has 27 heavy (non-hydrogen) atoms. The van der Waals surface area contributed by atoms with Gasteiger partial charge in [0.15, 0.2) is 5.78 Å². The number of ketones is 1. The summed E-state index contributed by atoms with van der Waals surface area (Å²) in [6.45, 7) is 6.13. The Morgan fingerprint density at radius 1 is 1.19 bits per heavy atom. The molecule has 5 aliphatic rings. The number of carbonyl (C=O) groups is 2. The van der Waals surface area contributed by atoms with E-state index in [1.807, 2.05) is 0 Å². The molecule has 1 saturated heterocycles. The molecule has 4 aliphatic carbocycles. The van der Waals surface area contributed by atoms with Gasteiger partial charge in [-0.3, -0.25) is 9.59 Å². The number of fused-ring (bicyclic) bond motifs is 4. The molecule has 0 N–H and O–H groups in total. The van der Waals surface area contributed by atoms with E-state index in [4.69, 9.17) is 9.47 Å². The van der Waals surface area contributed by atoms with Crippen molar-refractivity contribution in [2.45, 2.75) is 83.5 Å². The zero-order chi connectivity index (χ0) is 19.2. The number of nitriles is 1. The number of rotatable bonds is 1. The number of epoxide rings is 1. The molecule has 1 aliphatic heterocycles. The van der Waals surface area contributed by atoms with Crippen LogP contribution in [0.1, 0.15) is 65.7 Å². The first-order chi connectivity index (χ1) is 12.8. The van der Waals surface area contributed by atoms with Crippen LogP contribution in [-0.2, 0) is 19.1 Å². The average Bonchev–Trinajstić information content (AvgIpc) is 3.28. The van der Waals surface area contributed by atoms with E-state index in [2.05, 4.69) is 19.9 Å². The summed E-state index contributed by atoms with van der Waals surface area (Å²) in [4.78, 5) is 24.1. The minimum atomic E-state index is -0.514. The lowest BCUT2D eigenvalue weighted by Crippen LogP contribution is -2.59. The summed E-state index contributed by atoms with van der Waals surface area (Å²) in [5.74, 6) is 0.970. The first-order valence-corrected chi connectivity index (χ1v) is 10.6. The lowest BCUT2D eigenvalue weighted by Gasteiger charge is -2.59. The number of esters is 1. The highest BCUT2D eigenvalue weighted by Gasteiger charge is 2.78. The molecule has 9 atom stereocenters. The van der Waals surface area contributed by atoms with Gasteiger partial charge in [0.05, 0.1) is 6.07 Å². The molecule has 1 spiro atoms. The normalized spacial score (nSPS) is 55.4. The van der Waals surface area contributed by atoms with E-state index in [9.17, 15) is 14.9 Å². The molecule has 0 amide bonds. The molecule has 0 bridgehead atoms. The predicted molar refractivity (Wildman–Crippen MR) is 96.3 cm³/mol. The van der Waals surface area contributed by atoms with E-state index in [0.29, 0.717) is 24.2 Å². The van der Waals surface area contributed by atoms with Crippen LogP contribution in [0.2, 0.25) is 0 Å². The summed E-state index contributed by atoms with van der Waals surface area (Å²) >= 11 is 0. The van der Waals surface area contributed by atoms with Crippen molar-refractivity contribution in [3.05, 3.63) is 0 Å². The van der Waals surface area contributed by atoms with Gasteiger partial charge in [-0.2, -0.15) is 5.26 Å². The minimum absolute atomic E-state index is 0.0184. The van der Waals surface area contributed by atoms with Crippen LogP contribution < -0.4 is 0 Å². The Balaban J connectivity index is 1.46. The molecule has 146 valence electrons. The van der Waals surface area contributed by atoms with Crippen LogP contribution in [0, 0.1) is 45.8 Å². The maximum atomic E-state index is 12.5. The zero-order valence-electron chi connectivity index (χ0n) is 16.5. The van der Waals surface area contributed by atoms with Crippen molar-refractivity contribution < 1.29 is 19.1 Å². The average molecular weight is 371 g/mol. The van der Waals surface area contributed by atoms with E-state index < -0.39 is 5.92 Å². The third kappa shape index (κ3) is 2.03. The molecule has 0 aromatic rings. The smallest absolute Gasteiger partial charge is 0.302 e. The molecule has 0 radical (unpaired) electrons. The lowest BCUT2D eigenvalue weighted by atomic mass is 9.44. The summed E-state index contributed by atoms with van der Waals surface area (Å²) in [7, 11) is 0. The van der Waals surface area contributed by atoms with Crippen LogP contribution in [0.25, 0.3) is 0 Å². The van der Waals surface area contributed by atoms with Gasteiger partial charge in [0.25, 0.3) is 0 Å². The molecule has 5 fully saturated rings. The highest BCUT2D eigenvalue weighted by molar-refractivity contribution is 5.92. The molecule has 5 nitrogen and oxygen atoms in total. The number of nitrogens with zero attached hydrogens (tertiary/aromatic N) is 1. The number of carbonyl (C=O) groups excluding carboxylic acids is 2. The monoisotopic (exact) mass is 371 g/mol. The van der Waals surface area contributed by atoms with Gasteiger partial charge in [-0.25, -0.2) is 0 Å². The predicted octanol–water partition coefficient (Wildman–Crippen LogP) is 3.41. The molecule has 1 heterocycles. The fourth-order valence-corrected chi connectivity index (χ4v) is 8.04. The minimum Gasteiger partial charge on any atom is -0.462 e. The molecule has 5 rings (SSSR count). The molecular formula is C22H29NO4. The summed E-state index contributed by atoms with van der Waals surface area (Å²) in [5, 5.41) is 9.53. The van der Waals surface area contributed by atoms with Crippen LogP contribution in [-0.4, -0.2) is 29.6 Å². The molecule has 4 unspecified atom stereocenters. The van der Waals surface area contributed by atoms with Crippen LogP contribution in [0.4, 0.5) is 0 Å². The third-order valence-corrected chi connectivity index (χ3v) is 9.37.